The predicted molar refractivity (Wildman–Crippen MR) is 162 cm³/mol. The van der Waals surface area contributed by atoms with Gasteiger partial charge in [-0.2, -0.15) is 0 Å². The van der Waals surface area contributed by atoms with Crippen molar-refractivity contribution in [1.29, 1.82) is 0 Å². The average molecular weight is 580 g/mol. The summed E-state index contributed by atoms with van der Waals surface area (Å²) in [6.45, 7) is 7.34. The average Bonchev–Trinajstić information content (AvgIpc) is 2.96. The van der Waals surface area contributed by atoms with E-state index in [4.69, 9.17) is 0 Å². The molecule has 3 amide bonds. The van der Waals surface area contributed by atoms with E-state index in [0.717, 1.165) is 37.3 Å². The van der Waals surface area contributed by atoms with Crippen LogP contribution in [0.3, 0.4) is 0 Å². The minimum absolute atomic E-state index is 0.0491. The van der Waals surface area contributed by atoms with Crippen LogP contribution >= 0.6 is 0 Å². The number of nitrogens with one attached hydrogen (secondary N) is 3. The summed E-state index contributed by atoms with van der Waals surface area (Å²) in [6, 6.07) is 15.8. The molecule has 0 radical (unpaired) electrons. The van der Waals surface area contributed by atoms with Crippen LogP contribution in [0.1, 0.15) is 37.8 Å². The fourth-order valence-corrected chi connectivity index (χ4v) is 4.97. The lowest BCUT2D eigenvalue weighted by Crippen LogP contribution is -2.57. The molecular weight excluding hydrogens is 534 g/mol. The number of aliphatic carboxylic acids is 1. The Labute approximate surface area is 248 Å². The molecule has 3 rings (SSSR count). The molecule has 4 N–H and O–H groups in total. The third-order valence-corrected chi connectivity index (χ3v) is 7.42. The first kappa shape index (κ1) is 32.8. The molecular formula is C32H45N5O5. The Hall–Kier alpha value is -3.76. The molecule has 0 bridgehead atoms. The molecule has 1 fully saturated rings. The molecule has 10 nitrogen and oxygen atoms in total. The second-order valence-electron chi connectivity index (χ2n) is 11.5. The Morgan fingerprint density at radius 2 is 1.31 bits per heavy atom. The second-order valence-corrected chi connectivity index (χ2v) is 11.5. The Bertz CT molecular complexity index is 1150. The van der Waals surface area contributed by atoms with Crippen LogP contribution in [-0.2, 0) is 32.0 Å². The van der Waals surface area contributed by atoms with E-state index < -0.39 is 35.9 Å². The molecule has 0 aliphatic carbocycles. The van der Waals surface area contributed by atoms with Gasteiger partial charge in [-0.15, -0.1) is 0 Å². The summed E-state index contributed by atoms with van der Waals surface area (Å²) in [5.41, 5.74) is 1.81. The van der Waals surface area contributed by atoms with Gasteiger partial charge in [0.05, 0.1) is 6.54 Å². The first-order valence-electron chi connectivity index (χ1n) is 14.7. The third kappa shape index (κ3) is 11.3. The van der Waals surface area contributed by atoms with Gasteiger partial charge in [-0.3, -0.25) is 19.3 Å². The van der Waals surface area contributed by atoms with E-state index in [1.165, 1.54) is 0 Å². The summed E-state index contributed by atoms with van der Waals surface area (Å²) in [4.78, 5) is 56.2. The molecule has 1 aliphatic rings. The maximum absolute atomic E-state index is 13.6. The van der Waals surface area contributed by atoms with Gasteiger partial charge >= 0.3 is 5.97 Å². The molecule has 42 heavy (non-hydrogen) atoms. The molecule has 0 spiro atoms. The summed E-state index contributed by atoms with van der Waals surface area (Å²) < 4.78 is 0. The van der Waals surface area contributed by atoms with Crippen molar-refractivity contribution in [3.05, 3.63) is 71.8 Å². The van der Waals surface area contributed by atoms with Crippen LogP contribution in [0.15, 0.2) is 60.7 Å². The van der Waals surface area contributed by atoms with Crippen LogP contribution in [-0.4, -0.2) is 96.5 Å². The van der Waals surface area contributed by atoms with Gasteiger partial charge in [0.15, 0.2) is 0 Å². The van der Waals surface area contributed by atoms with E-state index >= 15 is 0 Å². The number of nitrogens with zero attached hydrogens (tertiary/aromatic N) is 2. The largest absolute Gasteiger partial charge is 0.480 e. The summed E-state index contributed by atoms with van der Waals surface area (Å²) in [5, 5.41) is 18.1. The number of likely N-dealkylation sites (N-methyl/N-ethyl adjacent to an activating group) is 1. The van der Waals surface area contributed by atoms with E-state index in [1.54, 1.807) is 12.1 Å². The number of piperazine rings is 1. The standard InChI is InChI=1S/C32H45N5O5/c1-23(2)20-27(31(40)35-28(32(41)42)21-25-12-8-5-9-13-25)34-30(39)26(15-14-24-10-6-4-7-11-24)33-29(38)22-37-18-16-36(3)17-19-37/h4-13,23,26-28H,14-22H2,1-3H3,(H,33,38)(H,34,39)(H,35,40)(H,41,42)/t26-,27-,28-/m0/s1. The Morgan fingerprint density at radius 3 is 1.88 bits per heavy atom. The van der Waals surface area contributed by atoms with Crippen LogP contribution in [0.4, 0.5) is 0 Å². The molecule has 10 heteroatoms. The van der Waals surface area contributed by atoms with Crippen LogP contribution in [0.5, 0.6) is 0 Å². The number of hydrogen-bond donors (Lipinski definition) is 4. The first-order valence-corrected chi connectivity index (χ1v) is 14.7. The van der Waals surface area contributed by atoms with Gasteiger partial charge in [0.1, 0.15) is 18.1 Å². The number of amides is 3. The first-order chi connectivity index (χ1) is 20.1. The number of rotatable bonds is 15. The number of carbonyl (C=O) groups is 4. The van der Waals surface area contributed by atoms with Gasteiger partial charge in [0, 0.05) is 32.6 Å². The number of carboxylic acid groups (broad SMARTS) is 1. The monoisotopic (exact) mass is 579 g/mol. The highest BCUT2D eigenvalue weighted by Gasteiger charge is 2.30. The minimum Gasteiger partial charge on any atom is -0.480 e. The van der Waals surface area contributed by atoms with E-state index in [1.807, 2.05) is 69.4 Å². The van der Waals surface area contributed by atoms with Gasteiger partial charge in [0.2, 0.25) is 17.7 Å². The zero-order valence-electron chi connectivity index (χ0n) is 24.9. The molecule has 1 saturated heterocycles. The van der Waals surface area contributed by atoms with E-state index in [-0.39, 0.29) is 24.8 Å². The minimum atomic E-state index is -1.15. The van der Waals surface area contributed by atoms with Crippen molar-refractivity contribution in [2.24, 2.45) is 5.92 Å². The van der Waals surface area contributed by atoms with Gasteiger partial charge < -0.3 is 26.0 Å². The van der Waals surface area contributed by atoms with E-state index in [9.17, 15) is 24.3 Å². The van der Waals surface area contributed by atoms with Gasteiger partial charge in [-0.1, -0.05) is 74.5 Å². The summed E-state index contributed by atoms with van der Waals surface area (Å²) in [7, 11) is 2.05. The molecule has 3 atom stereocenters. The van der Waals surface area contributed by atoms with E-state index in [0.29, 0.717) is 19.3 Å². The lowest BCUT2D eigenvalue weighted by atomic mass is 10.00. The van der Waals surface area contributed by atoms with Crippen molar-refractivity contribution in [2.45, 2.75) is 57.7 Å². The van der Waals surface area contributed by atoms with Crippen molar-refractivity contribution >= 4 is 23.7 Å². The lowest BCUT2D eigenvalue weighted by molar-refractivity contribution is -0.142. The molecule has 2 aromatic carbocycles. The van der Waals surface area contributed by atoms with Crippen molar-refractivity contribution in [1.82, 2.24) is 25.8 Å². The Balaban J connectivity index is 1.70. The van der Waals surface area contributed by atoms with Crippen LogP contribution in [0, 0.1) is 5.92 Å². The van der Waals surface area contributed by atoms with Gasteiger partial charge in [-0.25, -0.2) is 4.79 Å². The van der Waals surface area contributed by atoms with Crippen molar-refractivity contribution in [3.63, 3.8) is 0 Å². The zero-order chi connectivity index (χ0) is 30.5. The van der Waals surface area contributed by atoms with Crippen molar-refractivity contribution in [2.75, 3.05) is 39.8 Å². The SMILES string of the molecule is CC(C)C[C@H](NC(=O)[C@H](CCc1ccccc1)NC(=O)CN1CCN(C)CC1)C(=O)N[C@@H](Cc1ccccc1)C(=O)O. The molecule has 0 aromatic heterocycles. The fraction of sp³-hybridized carbons (Fsp3) is 0.500. The highest BCUT2D eigenvalue weighted by Crippen LogP contribution is 2.11. The quantitative estimate of drug-likeness (QED) is 0.253. The smallest absolute Gasteiger partial charge is 0.326 e. The molecule has 0 saturated carbocycles. The molecule has 228 valence electrons. The summed E-state index contributed by atoms with van der Waals surface area (Å²) in [6.07, 6.45) is 1.35. The Kier molecular flexibility index (Phi) is 13.0. The van der Waals surface area contributed by atoms with Crippen LogP contribution in [0.2, 0.25) is 0 Å². The van der Waals surface area contributed by atoms with Crippen LogP contribution < -0.4 is 16.0 Å². The maximum atomic E-state index is 13.6. The van der Waals surface area contributed by atoms with Crippen molar-refractivity contribution < 1.29 is 24.3 Å². The molecule has 0 unspecified atom stereocenters. The lowest BCUT2D eigenvalue weighted by Gasteiger charge is -2.32. The predicted octanol–water partition coefficient (Wildman–Crippen LogP) is 1.69. The number of aryl methyl sites for hydroxylation is 1. The van der Waals surface area contributed by atoms with Crippen molar-refractivity contribution in [3.8, 4) is 0 Å². The molecule has 2 aromatic rings. The normalized spacial score (nSPS) is 16.3. The highest BCUT2D eigenvalue weighted by molar-refractivity contribution is 5.93. The summed E-state index contributed by atoms with van der Waals surface area (Å²) >= 11 is 0. The fourth-order valence-electron chi connectivity index (χ4n) is 4.97. The maximum Gasteiger partial charge on any atom is 0.326 e. The van der Waals surface area contributed by atoms with E-state index in [2.05, 4.69) is 25.8 Å². The van der Waals surface area contributed by atoms with Crippen LogP contribution in [0.25, 0.3) is 0 Å². The second kappa shape index (κ2) is 16.6. The topological polar surface area (TPSA) is 131 Å². The molecule has 1 aliphatic heterocycles. The van der Waals surface area contributed by atoms with Gasteiger partial charge in [-0.05, 0) is 43.4 Å². The number of carbonyl (C=O) groups excluding carboxylic acids is 3. The van der Waals surface area contributed by atoms with Gasteiger partial charge in [0.25, 0.3) is 0 Å². The summed E-state index contributed by atoms with van der Waals surface area (Å²) in [5.74, 6) is -2.38. The highest BCUT2D eigenvalue weighted by atomic mass is 16.4. The number of hydrogen-bond acceptors (Lipinski definition) is 6. The molecule has 1 heterocycles. The third-order valence-electron chi connectivity index (χ3n) is 7.42. The number of carboxylic acids is 1. The zero-order valence-corrected chi connectivity index (χ0v) is 24.9. The Morgan fingerprint density at radius 1 is 0.762 bits per heavy atom. The number of benzene rings is 2.